The fourth-order valence-electron chi connectivity index (χ4n) is 2.56. The maximum atomic E-state index is 9.98. The maximum absolute atomic E-state index is 9.98. The molecule has 0 aliphatic heterocycles. The molecule has 0 unspecified atom stereocenters. The Labute approximate surface area is 106 Å². The number of fused-ring (bicyclic) bond motifs is 3. The second-order valence-corrected chi connectivity index (χ2v) is 4.51. The van der Waals surface area contributed by atoms with Crippen molar-refractivity contribution < 1.29 is 9.53 Å². The van der Waals surface area contributed by atoms with E-state index in [-0.39, 0.29) is 0 Å². The van der Waals surface area contributed by atoms with E-state index in [0.717, 1.165) is 12.8 Å². The molecule has 0 N–H and O–H groups in total. The summed E-state index contributed by atoms with van der Waals surface area (Å²) in [5, 5.41) is 0. The Morgan fingerprint density at radius 1 is 1.06 bits per heavy atom. The minimum Gasteiger partial charge on any atom is -0.457 e. The van der Waals surface area contributed by atoms with Gasteiger partial charge in [0.1, 0.15) is 0 Å². The van der Waals surface area contributed by atoms with Crippen LogP contribution in [0.15, 0.2) is 42.5 Å². The van der Waals surface area contributed by atoms with Gasteiger partial charge in [-0.05, 0) is 34.2 Å². The summed E-state index contributed by atoms with van der Waals surface area (Å²) in [6, 6.07) is 15.0. The van der Waals surface area contributed by atoms with Crippen LogP contribution >= 0.6 is 0 Å². The first kappa shape index (κ1) is 11.0. The van der Waals surface area contributed by atoms with Crippen LogP contribution in [-0.2, 0) is 22.4 Å². The molecule has 0 atom stereocenters. The van der Waals surface area contributed by atoms with Gasteiger partial charge in [-0.3, -0.25) is 0 Å². The largest absolute Gasteiger partial charge is 0.457 e. The molecule has 2 aromatic carbocycles. The van der Waals surface area contributed by atoms with E-state index < -0.39 is 0 Å². The molecule has 0 spiro atoms. The monoisotopic (exact) mass is 237 g/mol. The summed E-state index contributed by atoms with van der Waals surface area (Å²) in [6.07, 6.45) is 1.75. The highest BCUT2D eigenvalue weighted by molar-refractivity contribution is 5.76. The summed E-state index contributed by atoms with van der Waals surface area (Å²) >= 11 is 0. The van der Waals surface area contributed by atoms with Crippen LogP contribution in [0, 0.1) is 0 Å². The molecule has 0 bridgehead atoms. The highest BCUT2D eigenvalue weighted by Gasteiger charge is 2.17. The van der Waals surface area contributed by atoms with Crippen LogP contribution in [0.1, 0.15) is 16.7 Å². The molecule has 18 heavy (non-hydrogen) atoms. The number of ether oxygens (including phenoxy) is 1. The Balaban J connectivity index is 1.86. The van der Waals surface area contributed by atoms with E-state index in [1.165, 1.54) is 34.3 Å². The third-order valence-electron chi connectivity index (χ3n) is 3.41. The molecule has 0 saturated carbocycles. The second-order valence-electron chi connectivity index (χ2n) is 4.51. The van der Waals surface area contributed by atoms with Crippen molar-refractivity contribution in [2.45, 2.75) is 12.8 Å². The van der Waals surface area contributed by atoms with Crippen molar-refractivity contribution in [3.8, 4) is 11.1 Å². The molecule has 3 rings (SSSR count). The molecule has 1 aliphatic carbocycles. The van der Waals surface area contributed by atoms with Crippen LogP contribution in [-0.4, -0.2) is 13.1 Å². The average molecular weight is 237 g/mol. The van der Waals surface area contributed by atoms with Crippen LogP contribution in [0.3, 0.4) is 0 Å². The van der Waals surface area contributed by atoms with Crippen LogP contribution in [0.2, 0.25) is 0 Å². The van der Waals surface area contributed by atoms with Crippen LogP contribution < -0.4 is 0 Å². The van der Waals surface area contributed by atoms with Gasteiger partial charge in [-0.15, -0.1) is 0 Å². The summed E-state index contributed by atoms with van der Waals surface area (Å²) in [4.78, 5) is 9.98. The number of hydrogen-bond donors (Lipinski definition) is 0. The van der Waals surface area contributed by atoms with E-state index in [0.29, 0.717) is 6.61 Å². The highest BCUT2D eigenvalue weighted by atomic mass is 16.5. The molecule has 0 amide bonds. The molecule has 0 aromatic heterocycles. The smallest absolute Gasteiger partial charge is 0.417 e. The van der Waals surface area contributed by atoms with Gasteiger partial charge in [0.25, 0.3) is 0 Å². The van der Waals surface area contributed by atoms with E-state index in [4.69, 9.17) is 0 Å². The zero-order valence-corrected chi connectivity index (χ0v) is 9.98. The lowest BCUT2D eigenvalue weighted by Crippen LogP contribution is -1.97. The predicted octanol–water partition coefficient (Wildman–Crippen LogP) is 2.88. The first-order valence-electron chi connectivity index (χ1n) is 6.07. The topological polar surface area (TPSA) is 26.3 Å². The van der Waals surface area contributed by atoms with Gasteiger partial charge in [0, 0.05) is 6.42 Å². The van der Waals surface area contributed by atoms with Crippen LogP contribution in [0.25, 0.3) is 11.1 Å². The summed E-state index contributed by atoms with van der Waals surface area (Å²) in [5.41, 5.74) is 6.64. The van der Waals surface area contributed by atoms with Gasteiger partial charge in [0.15, 0.2) is 0 Å². The van der Waals surface area contributed by atoms with Crippen molar-refractivity contribution in [1.82, 2.24) is 0 Å². The minimum absolute atomic E-state index is 0.398. The summed E-state index contributed by atoms with van der Waals surface area (Å²) in [6.45, 7) is 1.85. The van der Waals surface area contributed by atoms with Gasteiger partial charge in [0.05, 0.1) is 6.61 Å². The molecule has 2 nitrogen and oxygen atoms in total. The SMILES string of the molecule is O=[C]OCCc1ccc2c(c1)Cc1ccccc1-2. The lowest BCUT2D eigenvalue weighted by atomic mass is 10.0. The van der Waals surface area contributed by atoms with E-state index in [1.807, 2.05) is 0 Å². The fraction of sp³-hybridized carbons (Fsp3) is 0.188. The third kappa shape index (κ3) is 1.90. The zero-order chi connectivity index (χ0) is 12.4. The third-order valence-corrected chi connectivity index (χ3v) is 3.41. The second kappa shape index (κ2) is 4.65. The summed E-state index contributed by atoms with van der Waals surface area (Å²) in [5.74, 6) is 0. The Morgan fingerprint density at radius 3 is 2.78 bits per heavy atom. The van der Waals surface area contributed by atoms with Crippen molar-refractivity contribution in [1.29, 1.82) is 0 Å². The zero-order valence-electron chi connectivity index (χ0n) is 9.98. The predicted molar refractivity (Wildman–Crippen MR) is 70.0 cm³/mol. The maximum Gasteiger partial charge on any atom is 0.417 e. The number of carbonyl (C=O) groups excluding carboxylic acids is 1. The average Bonchev–Trinajstić information content (AvgIpc) is 2.76. The van der Waals surface area contributed by atoms with E-state index in [2.05, 4.69) is 47.2 Å². The molecular formula is C16H13O2. The molecule has 1 aliphatic rings. The molecule has 89 valence electrons. The standard InChI is InChI=1S/C16H13O2/c17-11-18-8-7-12-5-6-16-14(9-12)10-13-3-1-2-4-15(13)16/h1-6,9H,7-8,10H2. The molecule has 0 heterocycles. The molecule has 2 heteroatoms. The van der Waals surface area contributed by atoms with Crippen molar-refractivity contribution in [2.24, 2.45) is 0 Å². The molecule has 0 saturated heterocycles. The Morgan fingerprint density at radius 2 is 1.89 bits per heavy atom. The molecular weight excluding hydrogens is 224 g/mol. The quantitative estimate of drug-likeness (QED) is 0.652. The Kier molecular flexibility index (Phi) is 2.85. The van der Waals surface area contributed by atoms with Gasteiger partial charge in [-0.1, -0.05) is 42.5 Å². The number of benzene rings is 2. The van der Waals surface area contributed by atoms with Gasteiger partial charge >= 0.3 is 6.47 Å². The van der Waals surface area contributed by atoms with Gasteiger partial charge < -0.3 is 4.74 Å². The summed E-state index contributed by atoms with van der Waals surface area (Å²) < 4.78 is 4.61. The van der Waals surface area contributed by atoms with Gasteiger partial charge in [-0.25, -0.2) is 4.79 Å². The first-order chi connectivity index (χ1) is 8.88. The highest BCUT2D eigenvalue weighted by Crippen LogP contribution is 2.36. The summed E-state index contributed by atoms with van der Waals surface area (Å²) in [7, 11) is 0. The normalized spacial score (nSPS) is 11.8. The number of rotatable bonds is 4. The van der Waals surface area contributed by atoms with Gasteiger partial charge in [-0.2, -0.15) is 0 Å². The number of hydrogen-bond acceptors (Lipinski definition) is 2. The molecule has 2 aromatic rings. The van der Waals surface area contributed by atoms with Crippen LogP contribution in [0.4, 0.5) is 0 Å². The Hall–Kier alpha value is -2.09. The lowest BCUT2D eigenvalue weighted by molar-refractivity contribution is 0.282. The van der Waals surface area contributed by atoms with Crippen molar-refractivity contribution in [3.05, 3.63) is 59.2 Å². The van der Waals surface area contributed by atoms with E-state index in [9.17, 15) is 4.79 Å². The van der Waals surface area contributed by atoms with E-state index >= 15 is 0 Å². The molecule has 0 fully saturated rings. The molecule has 1 radical (unpaired) electrons. The fourth-order valence-corrected chi connectivity index (χ4v) is 2.56. The van der Waals surface area contributed by atoms with Crippen LogP contribution in [0.5, 0.6) is 0 Å². The Bertz CT molecular complexity index is 587. The lowest BCUT2D eigenvalue weighted by Gasteiger charge is -2.04. The van der Waals surface area contributed by atoms with Crippen molar-refractivity contribution >= 4 is 6.47 Å². The van der Waals surface area contributed by atoms with Gasteiger partial charge in [0.2, 0.25) is 0 Å². The minimum atomic E-state index is 0.398. The first-order valence-corrected chi connectivity index (χ1v) is 6.07. The van der Waals surface area contributed by atoms with Crippen molar-refractivity contribution in [2.75, 3.05) is 6.61 Å². The van der Waals surface area contributed by atoms with Crippen molar-refractivity contribution in [3.63, 3.8) is 0 Å². The van der Waals surface area contributed by atoms with E-state index in [1.54, 1.807) is 0 Å².